The largest absolute Gasteiger partial charge is 0.438 e. The standard InChI is InChI=1S/C21H26ClN5O3/c1-13-6-3-4-9-17(13)21(28)30-12-29-11-23-16-8-5-7-15(10-16)19-24-20-18(22)14(2)25-27(20)26-19/h5,7-8,10,13,17,23,25H,3-4,6,9,11-12H2,1-2H3. The molecule has 1 fully saturated rings. The van der Waals surface area contributed by atoms with Gasteiger partial charge in [-0.15, -0.1) is 5.10 Å². The number of benzene rings is 1. The number of nitrogens with zero attached hydrogens (tertiary/aromatic N) is 3. The lowest BCUT2D eigenvalue weighted by molar-refractivity contribution is -0.163. The number of aromatic amines is 1. The Morgan fingerprint density at radius 1 is 1.37 bits per heavy atom. The molecule has 2 heterocycles. The third kappa shape index (κ3) is 4.44. The van der Waals surface area contributed by atoms with Crippen LogP contribution < -0.4 is 5.32 Å². The van der Waals surface area contributed by atoms with Gasteiger partial charge >= 0.3 is 5.97 Å². The van der Waals surface area contributed by atoms with E-state index in [9.17, 15) is 4.79 Å². The van der Waals surface area contributed by atoms with E-state index in [1.54, 1.807) is 4.63 Å². The number of anilines is 1. The van der Waals surface area contributed by atoms with Crippen molar-refractivity contribution in [1.29, 1.82) is 0 Å². The summed E-state index contributed by atoms with van der Waals surface area (Å²) in [6, 6.07) is 7.68. The van der Waals surface area contributed by atoms with Gasteiger partial charge in [0.25, 0.3) is 0 Å². The number of rotatable bonds is 7. The van der Waals surface area contributed by atoms with Gasteiger partial charge in [-0.2, -0.15) is 4.63 Å². The number of carbonyl (C=O) groups excluding carboxylic acids is 1. The van der Waals surface area contributed by atoms with Gasteiger partial charge in [0.2, 0.25) is 0 Å². The molecule has 2 N–H and O–H groups in total. The molecule has 2 aromatic heterocycles. The maximum absolute atomic E-state index is 12.2. The minimum absolute atomic E-state index is 0.00217. The summed E-state index contributed by atoms with van der Waals surface area (Å²) in [6.07, 6.45) is 4.29. The summed E-state index contributed by atoms with van der Waals surface area (Å²) in [6.45, 7) is 4.15. The number of H-pyrrole nitrogens is 1. The minimum Gasteiger partial charge on any atom is -0.438 e. The highest BCUT2D eigenvalue weighted by Crippen LogP contribution is 2.30. The van der Waals surface area contributed by atoms with Gasteiger partial charge in [0.1, 0.15) is 11.8 Å². The predicted octanol–water partition coefficient (Wildman–Crippen LogP) is 4.40. The zero-order chi connectivity index (χ0) is 21.1. The van der Waals surface area contributed by atoms with Crippen molar-refractivity contribution in [3.63, 3.8) is 0 Å². The van der Waals surface area contributed by atoms with Gasteiger partial charge in [0.15, 0.2) is 18.3 Å². The smallest absolute Gasteiger partial charge is 0.311 e. The van der Waals surface area contributed by atoms with E-state index < -0.39 is 0 Å². The highest BCUT2D eigenvalue weighted by Gasteiger charge is 2.28. The van der Waals surface area contributed by atoms with Gasteiger partial charge in [-0.3, -0.25) is 9.89 Å². The Labute approximate surface area is 179 Å². The van der Waals surface area contributed by atoms with Crippen LogP contribution in [0.5, 0.6) is 0 Å². The number of ether oxygens (including phenoxy) is 2. The average Bonchev–Trinajstić information content (AvgIpc) is 3.27. The lowest BCUT2D eigenvalue weighted by Gasteiger charge is -2.26. The van der Waals surface area contributed by atoms with E-state index in [1.807, 2.05) is 31.2 Å². The molecule has 0 aliphatic heterocycles. The zero-order valence-corrected chi connectivity index (χ0v) is 17.9. The molecule has 1 aliphatic carbocycles. The average molecular weight is 432 g/mol. The number of esters is 1. The Balaban J connectivity index is 1.27. The summed E-state index contributed by atoms with van der Waals surface area (Å²) in [5.41, 5.74) is 3.12. The van der Waals surface area contributed by atoms with E-state index in [-0.39, 0.29) is 25.4 Å². The fourth-order valence-electron chi connectivity index (χ4n) is 3.85. The fourth-order valence-corrected chi connectivity index (χ4v) is 4.01. The van der Waals surface area contributed by atoms with E-state index in [4.69, 9.17) is 21.1 Å². The number of hydrogen-bond donors (Lipinski definition) is 2. The van der Waals surface area contributed by atoms with Crippen LogP contribution in [-0.4, -0.2) is 39.3 Å². The van der Waals surface area contributed by atoms with Crippen LogP contribution in [0, 0.1) is 18.8 Å². The molecule has 0 spiro atoms. The molecule has 160 valence electrons. The number of aromatic nitrogens is 4. The van der Waals surface area contributed by atoms with E-state index in [2.05, 4.69) is 27.4 Å². The van der Waals surface area contributed by atoms with Gasteiger partial charge in [-0.25, -0.2) is 4.98 Å². The van der Waals surface area contributed by atoms with Gasteiger partial charge in [0.05, 0.1) is 11.6 Å². The van der Waals surface area contributed by atoms with Crippen molar-refractivity contribution in [3.8, 4) is 11.4 Å². The third-order valence-corrected chi connectivity index (χ3v) is 6.06. The topological polar surface area (TPSA) is 93.5 Å². The Bertz CT molecular complexity index is 1030. The molecule has 1 saturated carbocycles. The number of nitrogens with one attached hydrogen (secondary N) is 2. The molecule has 2 atom stereocenters. The fraction of sp³-hybridized carbons (Fsp3) is 0.476. The first-order valence-corrected chi connectivity index (χ1v) is 10.6. The van der Waals surface area contributed by atoms with E-state index in [0.717, 1.165) is 36.2 Å². The lowest BCUT2D eigenvalue weighted by Crippen LogP contribution is -2.28. The quantitative estimate of drug-likeness (QED) is 0.327. The van der Waals surface area contributed by atoms with Crippen LogP contribution in [-0.2, 0) is 14.3 Å². The normalized spacial score (nSPS) is 19.2. The second kappa shape index (κ2) is 9.06. The SMILES string of the molecule is Cc1[nH]n2nc(-c3cccc(NCOCOC(=O)C4CCCCC4C)c3)nc2c1Cl. The second-order valence-corrected chi connectivity index (χ2v) is 8.16. The number of hydrogen-bond acceptors (Lipinski definition) is 6. The Hall–Kier alpha value is -2.58. The molecule has 4 rings (SSSR count). The molecule has 30 heavy (non-hydrogen) atoms. The molecular weight excluding hydrogens is 406 g/mol. The maximum atomic E-state index is 12.2. The lowest BCUT2D eigenvalue weighted by atomic mass is 9.80. The molecule has 0 bridgehead atoms. The third-order valence-electron chi connectivity index (χ3n) is 5.60. The Kier molecular flexibility index (Phi) is 6.24. The van der Waals surface area contributed by atoms with E-state index in [1.165, 1.54) is 6.42 Å². The number of fused-ring (bicyclic) bond motifs is 1. The zero-order valence-electron chi connectivity index (χ0n) is 17.2. The number of halogens is 1. The van der Waals surface area contributed by atoms with Crippen LogP contribution in [0.3, 0.4) is 0 Å². The summed E-state index contributed by atoms with van der Waals surface area (Å²) in [4.78, 5) is 16.7. The Morgan fingerprint density at radius 2 is 2.20 bits per heavy atom. The molecule has 1 aliphatic rings. The maximum Gasteiger partial charge on any atom is 0.311 e. The van der Waals surface area contributed by atoms with Crippen molar-refractivity contribution in [2.24, 2.45) is 11.8 Å². The summed E-state index contributed by atoms with van der Waals surface area (Å²) in [5.74, 6) is 0.801. The van der Waals surface area contributed by atoms with Crippen molar-refractivity contribution in [1.82, 2.24) is 19.8 Å². The minimum atomic E-state index is -0.153. The molecular formula is C21H26ClN5O3. The number of carbonyl (C=O) groups is 1. The first-order valence-electron chi connectivity index (χ1n) is 10.2. The first kappa shape index (κ1) is 20.7. The summed E-state index contributed by atoms with van der Waals surface area (Å²) < 4.78 is 12.3. The van der Waals surface area contributed by atoms with E-state index >= 15 is 0 Å². The van der Waals surface area contributed by atoms with Crippen molar-refractivity contribution in [2.45, 2.75) is 39.5 Å². The van der Waals surface area contributed by atoms with Crippen molar-refractivity contribution >= 4 is 28.9 Å². The molecule has 0 saturated heterocycles. The van der Waals surface area contributed by atoms with Crippen LogP contribution in [0.4, 0.5) is 5.69 Å². The van der Waals surface area contributed by atoms with Gasteiger partial charge < -0.3 is 14.8 Å². The van der Waals surface area contributed by atoms with Crippen molar-refractivity contribution in [2.75, 3.05) is 18.8 Å². The molecule has 8 nitrogen and oxygen atoms in total. The molecule has 0 radical (unpaired) electrons. The number of aryl methyl sites for hydroxylation is 1. The molecule has 1 aromatic carbocycles. The highest BCUT2D eigenvalue weighted by molar-refractivity contribution is 6.34. The van der Waals surface area contributed by atoms with Gasteiger partial charge in [-0.1, -0.05) is 43.5 Å². The molecule has 3 aromatic rings. The molecule has 2 unspecified atom stereocenters. The summed E-state index contributed by atoms with van der Waals surface area (Å²) in [5, 5.41) is 11.2. The van der Waals surface area contributed by atoms with Crippen molar-refractivity contribution < 1.29 is 14.3 Å². The Morgan fingerprint density at radius 3 is 3.00 bits per heavy atom. The monoisotopic (exact) mass is 431 g/mol. The molecule has 9 heteroatoms. The van der Waals surface area contributed by atoms with Crippen LogP contribution >= 0.6 is 11.6 Å². The highest BCUT2D eigenvalue weighted by atomic mass is 35.5. The van der Waals surface area contributed by atoms with Gasteiger partial charge in [-0.05, 0) is 37.8 Å². The first-order chi connectivity index (χ1) is 14.5. The van der Waals surface area contributed by atoms with Crippen LogP contribution in [0.25, 0.3) is 17.0 Å². The van der Waals surface area contributed by atoms with Crippen molar-refractivity contribution in [3.05, 3.63) is 35.0 Å². The van der Waals surface area contributed by atoms with E-state index in [0.29, 0.717) is 22.4 Å². The predicted molar refractivity (Wildman–Crippen MR) is 114 cm³/mol. The second-order valence-electron chi connectivity index (χ2n) is 7.78. The van der Waals surface area contributed by atoms with Crippen LogP contribution in [0.2, 0.25) is 5.02 Å². The van der Waals surface area contributed by atoms with Crippen LogP contribution in [0.15, 0.2) is 24.3 Å². The van der Waals surface area contributed by atoms with Crippen LogP contribution in [0.1, 0.15) is 38.3 Å². The molecule has 0 amide bonds. The van der Waals surface area contributed by atoms with Gasteiger partial charge in [0, 0.05) is 11.3 Å². The summed E-state index contributed by atoms with van der Waals surface area (Å²) >= 11 is 6.23. The summed E-state index contributed by atoms with van der Waals surface area (Å²) in [7, 11) is 0.